The Hall–Kier alpha value is -0.720. The van der Waals surface area contributed by atoms with Crippen molar-refractivity contribution in [2.75, 3.05) is 32.7 Å². The van der Waals surface area contributed by atoms with Crippen molar-refractivity contribution in [3.63, 3.8) is 0 Å². The molecule has 1 fully saturated rings. The minimum absolute atomic E-state index is 0.0634. The van der Waals surface area contributed by atoms with Gasteiger partial charge in [-0.25, -0.2) is 0 Å². The minimum Gasteiger partial charge on any atom is -0.392 e. The molecule has 0 radical (unpaired) electrons. The van der Waals surface area contributed by atoms with E-state index in [2.05, 4.69) is 22.0 Å². The van der Waals surface area contributed by atoms with E-state index in [9.17, 15) is 4.79 Å². The fourth-order valence-electron chi connectivity index (χ4n) is 2.70. The Kier molecular flexibility index (Phi) is 7.40. The van der Waals surface area contributed by atoms with Crippen molar-refractivity contribution in [3.8, 4) is 0 Å². The first-order valence-electron chi connectivity index (χ1n) is 7.56. The van der Waals surface area contributed by atoms with Gasteiger partial charge >= 0.3 is 0 Å². The van der Waals surface area contributed by atoms with E-state index in [0.29, 0.717) is 11.5 Å². The summed E-state index contributed by atoms with van der Waals surface area (Å²) < 4.78 is 0. The third-order valence-corrected chi connectivity index (χ3v) is 4.23. The van der Waals surface area contributed by atoms with E-state index in [1.807, 2.05) is 13.8 Å². The van der Waals surface area contributed by atoms with Crippen molar-refractivity contribution in [1.82, 2.24) is 15.1 Å². The highest BCUT2D eigenvalue weighted by molar-refractivity contribution is 7.80. The maximum absolute atomic E-state index is 11.9. The van der Waals surface area contributed by atoms with Gasteiger partial charge in [0.1, 0.15) is 0 Å². The molecular formula is C14H28N4OS. The molecule has 0 aromatic carbocycles. The van der Waals surface area contributed by atoms with Gasteiger partial charge in [0.25, 0.3) is 0 Å². The highest BCUT2D eigenvalue weighted by atomic mass is 32.1. The molecule has 5 nitrogen and oxygen atoms in total. The number of amides is 1. The third-order valence-electron chi connectivity index (χ3n) is 3.96. The van der Waals surface area contributed by atoms with Crippen LogP contribution in [0.4, 0.5) is 0 Å². The Bertz CT molecular complexity index is 329. The van der Waals surface area contributed by atoms with Gasteiger partial charge in [-0.3, -0.25) is 14.6 Å². The van der Waals surface area contributed by atoms with Crippen molar-refractivity contribution in [2.24, 2.45) is 5.73 Å². The Morgan fingerprint density at radius 1 is 1.25 bits per heavy atom. The molecule has 0 aromatic heterocycles. The summed E-state index contributed by atoms with van der Waals surface area (Å²) in [6.45, 7) is 10.4. The largest absolute Gasteiger partial charge is 0.392 e. The number of nitrogens with two attached hydrogens (primary N) is 1. The normalized spacial score (nSPS) is 20.4. The molecule has 6 heteroatoms. The number of hydrogen-bond acceptors (Lipinski definition) is 4. The van der Waals surface area contributed by atoms with E-state index in [-0.39, 0.29) is 18.0 Å². The van der Waals surface area contributed by atoms with Crippen molar-refractivity contribution in [2.45, 2.75) is 45.7 Å². The van der Waals surface area contributed by atoms with E-state index in [1.165, 1.54) is 0 Å². The molecule has 20 heavy (non-hydrogen) atoms. The van der Waals surface area contributed by atoms with Gasteiger partial charge < -0.3 is 11.1 Å². The summed E-state index contributed by atoms with van der Waals surface area (Å²) in [7, 11) is 0. The van der Waals surface area contributed by atoms with Gasteiger partial charge in [-0.2, -0.15) is 0 Å². The third kappa shape index (κ3) is 4.68. The zero-order chi connectivity index (χ0) is 15.1. The van der Waals surface area contributed by atoms with E-state index in [0.717, 1.165) is 39.0 Å². The number of nitrogens with zero attached hydrogens (tertiary/aromatic N) is 2. The molecule has 1 aliphatic heterocycles. The first kappa shape index (κ1) is 17.3. The van der Waals surface area contributed by atoms with Crippen LogP contribution in [0.1, 0.15) is 33.6 Å². The van der Waals surface area contributed by atoms with Crippen LogP contribution < -0.4 is 11.1 Å². The maximum atomic E-state index is 11.9. The van der Waals surface area contributed by atoms with Crippen molar-refractivity contribution >= 4 is 23.1 Å². The van der Waals surface area contributed by atoms with Crippen LogP contribution in [0, 0.1) is 0 Å². The zero-order valence-electron chi connectivity index (χ0n) is 12.9. The Morgan fingerprint density at radius 3 is 2.25 bits per heavy atom. The second-order valence-corrected chi connectivity index (χ2v) is 5.82. The molecule has 0 saturated carbocycles. The fraction of sp³-hybridized carbons (Fsp3) is 0.857. The smallest absolute Gasteiger partial charge is 0.237 e. The van der Waals surface area contributed by atoms with Gasteiger partial charge in [0.05, 0.1) is 17.1 Å². The lowest BCUT2D eigenvalue weighted by atomic mass is 10.1. The molecule has 116 valence electrons. The number of likely N-dealkylation sites (N-methyl/N-ethyl adjacent to an activating group) is 1. The number of nitrogens with one attached hydrogen (secondary N) is 1. The number of carbonyl (C=O) groups is 1. The standard InChI is InChI=1S/C14H28N4OS/c1-4-6-12(13(15)20)18-9-7-17(8-10-18)11(3)14(19)16-5-2/h11-12H,4-10H2,1-3H3,(H2,15,20)(H,16,19). The Morgan fingerprint density at radius 2 is 1.80 bits per heavy atom. The van der Waals surface area contributed by atoms with Crippen LogP contribution in [0.15, 0.2) is 0 Å². The first-order chi connectivity index (χ1) is 9.51. The van der Waals surface area contributed by atoms with Gasteiger partial charge in [0, 0.05) is 32.7 Å². The molecular weight excluding hydrogens is 272 g/mol. The number of rotatable bonds is 7. The van der Waals surface area contributed by atoms with Gasteiger partial charge in [-0.05, 0) is 20.3 Å². The fourth-order valence-corrected chi connectivity index (χ4v) is 2.97. The molecule has 0 aliphatic carbocycles. The number of piperazine rings is 1. The second kappa shape index (κ2) is 8.54. The van der Waals surface area contributed by atoms with Crippen LogP contribution in [0.3, 0.4) is 0 Å². The molecule has 3 N–H and O–H groups in total. The van der Waals surface area contributed by atoms with Gasteiger partial charge in [0.2, 0.25) is 5.91 Å². The summed E-state index contributed by atoms with van der Waals surface area (Å²) in [5.41, 5.74) is 5.85. The molecule has 1 heterocycles. The minimum atomic E-state index is -0.0634. The Balaban J connectivity index is 2.50. The molecule has 1 aliphatic rings. The van der Waals surface area contributed by atoms with Crippen LogP contribution in [0.2, 0.25) is 0 Å². The van der Waals surface area contributed by atoms with E-state index in [1.54, 1.807) is 0 Å². The first-order valence-corrected chi connectivity index (χ1v) is 7.97. The van der Waals surface area contributed by atoms with Crippen LogP contribution in [0.5, 0.6) is 0 Å². The highest BCUT2D eigenvalue weighted by Gasteiger charge is 2.29. The topological polar surface area (TPSA) is 61.6 Å². The number of hydrogen-bond donors (Lipinski definition) is 2. The predicted molar refractivity (Wildman–Crippen MR) is 86.8 cm³/mol. The Labute approximate surface area is 127 Å². The monoisotopic (exact) mass is 300 g/mol. The quantitative estimate of drug-likeness (QED) is 0.674. The van der Waals surface area contributed by atoms with Gasteiger partial charge in [-0.15, -0.1) is 0 Å². The van der Waals surface area contributed by atoms with E-state index >= 15 is 0 Å². The van der Waals surface area contributed by atoms with Gasteiger partial charge in [-0.1, -0.05) is 25.6 Å². The average molecular weight is 300 g/mol. The highest BCUT2D eigenvalue weighted by Crippen LogP contribution is 2.13. The predicted octanol–water partition coefficient (Wildman–Crippen LogP) is 0.583. The summed E-state index contributed by atoms with van der Waals surface area (Å²) in [6, 6.07) is 0.142. The maximum Gasteiger partial charge on any atom is 0.237 e. The van der Waals surface area contributed by atoms with Crippen LogP contribution in [0.25, 0.3) is 0 Å². The molecule has 1 saturated heterocycles. The van der Waals surface area contributed by atoms with E-state index in [4.69, 9.17) is 18.0 Å². The van der Waals surface area contributed by atoms with Gasteiger partial charge in [0.15, 0.2) is 0 Å². The average Bonchev–Trinajstić information content (AvgIpc) is 2.44. The summed E-state index contributed by atoms with van der Waals surface area (Å²) in [4.78, 5) is 17.0. The summed E-state index contributed by atoms with van der Waals surface area (Å²) in [5.74, 6) is 0.111. The lowest BCUT2D eigenvalue weighted by Gasteiger charge is -2.40. The molecule has 0 bridgehead atoms. The molecule has 0 spiro atoms. The lowest BCUT2D eigenvalue weighted by Crippen LogP contribution is -2.57. The lowest BCUT2D eigenvalue weighted by molar-refractivity contribution is -0.126. The zero-order valence-corrected chi connectivity index (χ0v) is 13.7. The molecule has 1 amide bonds. The summed E-state index contributed by atoms with van der Waals surface area (Å²) in [5, 5.41) is 2.88. The van der Waals surface area contributed by atoms with Crippen molar-refractivity contribution in [1.29, 1.82) is 0 Å². The van der Waals surface area contributed by atoms with Crippen molar-refractivity contribution < 1.29 is 4.79 Å². The van der Waals surface area contributed by atoms with Crippen LogP contribution in [-0.2, 0) is 4.79 Å². The number of thiocarbonyl (C=S) groups is 1. The number of carbonyl (C=O) groups excluding carboxylic acids is 1. The SMILES string of the molecule is CCCC(C(N)=S)N1CCN(C(C)C(=O)NCC)CC1. The summed E-state index contributed by atoms with van der Waals surface area (Å²) in [6.07, 6.45) is 2.10. The van der Waals surface area contributed by atoms with E-state index < -0.39 is 0 Å². The van der Waals surface area contributed by atoms with Crippen LogP contribution in [-0.4, -0.2) is 65.5 Å². The summed E-state index contributed by atoms with van der Waals surface area (Å²) >= 11 is 5.18. The molecule has 2 unspecified atom stereocenters. The second-order valence-electron chi connectivity index (χ2n) is 5.35. The molecule has 2 atom stereocenters. The molecule has 1 rings (SSSR count). The van der Waals surface area contributed by atoms with Crippen LogP contribution >= 0.6 is 12.2 Å². The molecule has 0 aromatic rings. The van der Waals surface area contributed by atoms with Crippen molar-refractivity contribution in [3.05, 3.63) is 0 Å².